The molecule has 0 radical (unpaired) electrons. The van der Waals surface area contributed by atoms with Crippen LogP contribution in [0.4, 0.5) is 0 Å². The molecule has 3 aromatic rings. The second kappa shape index (κ2) is 7.51. The quantitative estimate of drug-likeness (QED) is 0.452. The SMILES string of the molecule is COc1ccc(C(=O)/C=C/c2csc(-c3ccccn3)n2)cc1Br. The van der Waals surface area contributed by atoms with Crippen LogP contribution in [0.25, 0.3) is 16.8 Å². The number of halogens is 1. The van der Waals surface area contributed by atoms with Crippen molar-refractivity contribution >= 4 is 39.1 Å². The van der Waals surface area contributed by atoms with Gasteiger partial charge in [-0.3, -0.25) is 9.78 Å². The first-order chi connectivity index (χ1) is 11.7. The Kier molecular flexibility index (Phi) is 5.17. The molecule has 2 aromatic heterocycles. The molecule has 0 saturated carbocycles. The van der Waals surface area contributed by atoms with E-state index in [1.165, 1.54) is 17.4 Å². The highest BCUT2D eigenvalue weighted by atomic mass is 79.9. The number of rotatable bonds is 5. The third kappa shape index (κ3) is 3.77. The standard InChI is InChI=1S/C18H13BrN2O2S/c1-23-17-8-5-12(10-14(17)19)16(22)7-6-13-11-24-18(21-13)15-4-2-3-9-20-15/h2-11H,1H3/b7-6+. The lowest BCUT2D eigenvalue weighted by Gasteiger charge is -2.03. The van der Waals surface area contributed by atoms with Crippen LogP contribution in [0.3, 0.4) is 0 Å². The van der Waals surface area contributed by atoms with E-state index in [2.05, 4.69) is 25.9 Å². The van der Waals surface area contributed by atoms with E-state index in [1.807, 2.05) is 23.6 Å². The van der Waals surface area contributed by atoms with E-state index in [9.17, 15) is 4.79 Å². The predicted molar refractivity (Wildman–Crippen MR) is 99.4 cm³/mol. The molecule has 0 aliphatic heterocycles. The fourth-order valence-corrected chi connectivity index (χ4v) is 3.35. The summed E-state index contributed by atoms with van der Waals surface area (Å²) in [5.41, 5.74) is 2.15. The number of allylic oxidation sites excluding steroid dienone is 1. The minimum atomic E-state index is -0.0919. The summed E-state index contributed by atoms with van der Waals surface area (Å²) in [6.45, 7) is 0. The number of ether oxygens (including phenoxy) is 1. The molecule has 0 N–H and O–H groups in total. The number of hydrogen-bond donors (Lipinski definition) is 0. The summed E-state index contributed by atoms with van der Waals surface area (Å²) in [6, 6.07) is 10.9. The minimum Gasteiger partial charge on any atom is -0.496 e. The zero-order valence-corrected chi connectivity index (χ0v) is 15.2. The molecular formula is C18H13BrN2O2S. The zero-order valence-electron chi connectivity index (χ0n) is 12.8. The van der Waals surface area contributed by atoms with Gasteiger partial charge in [-0.15, -0.1) is 11.3 Å². The lowest BCUT2D eigenvalue weighted by Crippen LogP contribution is -1.95. The molecule has 0 amide bonds. The van der Waals surface area contributed by atoms with Gasteiger partial charge in [0.05, 0.1) is 23.0 Å². The molecule has 0 unspecified atom stereocenters. The van der Waals surface area contributed by atoms with Crippen LogP contribution in [-0.2, 0) is 0 Å². The van der Waals surface area contributed by atoms with Gasteiger partial charge in [-0.1, -0.05) is 6.07 Å². The van der Waals surface area contributed by atoms with Crippen LogP contribution in [0.15, 0.2) is 58.5 Å². The number of carbonyl (C=O) groups is 1. The summed E-state index contributed by atoms with van der Waals surface area (Å²) in [5.74, 6) is 0.598. The average Bonchev–Trinajstić information content (AvgIpc) is 3.09. The van der Waals surface area contributed by atoms with Gasteiger partial charge in [-0.25, -0.2) is 4.98 Å². The molecule has 0 aliphatic carbocycles. The second-order valence-corrected chi connectivity index (χ2v) is 6.55. The summed E-state index contributed by atoms with van der Waals surface area (Å²) in [4.78, 5) is 21.0. The Morgan fingerprint density at radius 1 is 1.29 bits per heavy atom. The fourth-order valence-electron chi connectivity index (χ4n) is 2.05. The number of aromatic nitrogens is 2. The lowest BCUT2D eigenvalue weighted by molar-refractivity contribution is 0.104. The van der Waals surface area contributed by atoms with Crippen LogP contribution in [0.1, 0.15) is 16.1 Å². The van der Waals surface area contributed by atoms with Gasteiger partial charge >= 0.3 is 0 Å². The summed E-state index contributed by atoms with van der Waals surface area (Å²) in [5, 5.41) is 2.73. The van der Waals surface area contributed by atoms with Crippen LogP contribution in [0.5, 0.6) is 5.75 Å². The van der Waals surface area contributed by atoms with E-state index in [4.69, 9.17) is 4.74 Å². The van der Waals surface area contributed by atoms with Crippen molar-refractivity contribution < 1.29 is 9.53 Å². The van der Waals surface area contributed by atoms with E-state index in [0.717, 1.165) is 20.9 Å². The van der Waals surface area contributed by atoms with Crippen LogP contribution >= 0.6 is 27.3 Å². The van der Waals surface area contributed by atoms with E-state index in [-0.39, 0.29) is 5.78 Å². The Hall–Kier alpha value is -2.31. The number of carbonyl (C=O) groups excluding carboxylic acids is 1. The zero-order chi connectivity index (χ0) is 16.9. The van der Waals surface area contributed by atoms with Gasteiger partial charge in [0.2, 0.25) is 0 Å². The number of pyridine rings is 1. The van der Waals surface area contributed by atoms with E-state index >= 15 is 0 Å². The number of methoxy groups -OCH3 is 1. The molecule has 6 heteroatoms. The molecule has 0 saturated heterocycles. The molecule has 0 fully saturated rings. The Labute approximate surface area is 152 Å². The van der Waals surface area contributed by atoms with Crippen molar-refractivity contribution in [2.45, 2.75) is 0 Å². The normalized spacial score (nSPS) is 10.9. The predicted octanol–water partition coefficient (Wildman–Crippen LogP) is 4.87. The molecule has 4 nitrogen and oxygen atoms in total. The summed E-state index contributed by atoms with van der Waals surface area (Å²) < 4.78 is 5.91. The largest absolute Gasteiger partial charge is 0.496 e. The maximum Gasteiger partial charge on any atom is 0.185 e. The van der Waals surface area contributed by atoms with Crippen molar-refractivity contribution in [3.8, 4) is 16.5 Å². The van der Waals surface area contributed by atoms with E-state index in [0.29, 0.717) is 11.3 Å². The van der Waals surface area contributed by atoms with Gasteiger partial charge in [0.15, 0.2) is 5.78 Å². The number of thiazole rings is 1. The summed E-state index contributed by atoms with van der Waals surface area (Å²) >= 11 is 4.88. The van der Waals surface area contributed by atoms with Gasteiger partial charge in [0.25, 0.3) is 0 Å². The molecule has 1 aromatic carbocycles. The minimum absolute atomic E-state index is 0.0919. The van der Waals surface area contributed by atoms with Crippen LogP contribution in [0, 0.1) is 0 Å². The molecule has 3 rings (SSSR count). The number of benzene rings is 1. The average molecular weight is 401 g/mol. The molecule has 120 valence electrons. The lowest BCUT2D eigenvalue weighted by atomic mass is 10.1. The molecule has 2 heterocycles. The summed E-state index contributed by atoms with van der Waals surface area (Å²) in [7, 11) is 1.59. The molecule has 24 heavy (non-hydrogen) atoms. The molecule has 0 aliphatic rings. The van der Waals surface area contributed by atoms with Gasteiger partial charge < -0.3 is 4.74 Å². The third-order valence-electron chi connectivity index (χ3n) is 3.25. The van der Waals surface area contributed by atoms with Gasteiger partial charge in [-0.05, 0) is 58.4 Å². The molecular weight excluding hydrogens is 388 g/mol. The summed E-state index contributed by atoms with van der Waals surface area (Å²) in [6.07, 6.45) is 4.96. The van der Waals surface area contributed by atoms with E-state index in [1.54, 1.807) is 37.6 Å². The highest BCUT2D eigenvalue weighted by molar-refractivity contribution is 9.10. The first-order valence-electron chi connectivity index (χ1n) is 7.10. The van der Waals surface area contributed by atoms with Crippen LogP contribution in [-0.4, -0.2) is 22.9 Å². The Bertz CT molecular complexity index is 891. The van der Waals surface area contributed by atoms with Crippen molar-refractivity contribution in [1.29, 1.82) is 0 Å². The van der Waals surface area contributed by atoms with Gasteiger partial charge in [0, 0.05) is 17.1 Å². The Morgan fingerprint density at radius 3 is 2.88 bits per heavy atom. The number of nitrogens with zero attached hydrogens (tertiary/aromatic N) is 2. The molecule has 0 bridgehead atoms. The van der Waals surface area contributed by atoms with Crippen molar-refractivity contribution in [2.75, 3.05) is 7.11 Å². The van der Waals surface area contributed by atoms with Crippen LogP contribution < -0.4 is 4.74 Å². The number of ketones is 1. The monoisotopic (exact) mass is 400 g/mol. The molecule has 0 atom stereocenters. The van der Waals surface area contributed by atoms with Crippen molar-refractivity contribution in [3.05, 3.63) is 69.8 Å². The van der Waals surface area contributed by atoms with Crippen molar-refractivity contribution in [2.24, 2.45) is 0 Å². The maximum absolute atomic E-state index is 12.3. The Morgan fingerprint density at radius 2 is 2.17 bits per heavy atom. The third-order valence-corrected chi connectivity index (χ3v) is 4.75. The first-order valence-corrected chi connectivity index (χ1v) is 8.77. The van der Waals surface area contributed by atoms with Crippen molar-refractivity contribution in [1.82, 2.24) is 9.97 Å². The smallest absolute Gasteiger partial charge is 0.185 e. The highest BCUT2D eigenvalue weighted by Gasteiger charge is 2.07. The highest BCUT2D eigenvalue weighted by Crippen LogP contribution is 2.26. The molecule has 0 spiro atoms. The Balaban J connectivity index is 1.75. The van der Waals surface area contributed by atoms with Crippen LogP contribution in [0.2, 0.25) is 0 Å². The maximum atomic E-state index is 12.3. The van der Waals surface area contributed by atoms with Gasteiger partial charge in [-0.2, -0.15) is 0 Å². The van der Waals surface area contributed by atoms with E-state index < -0.39 is 0 Å². The first kappa shape index (κ1) is 16.5. The fraction of sp³-hybridized carbons (Fsp3) is 0.0556. The second-order valence-electron chi connectivity index (χ2n) is 4.84. The van der Waals surface area contributed by atoms with Gasteiger partial charge in [0.1, 0.15) is 10.8 Å². The number of hydrogen-bond acceptors (Lipinski definition) is 5. The topological polar surface area (TPSA) is 52.1 Å². The van der Waals surface area contributed by atoms with Crippen molar-refractivity contribution in [3.63, 3.8) is 0 Å².